The fourth-order valence-corrected chi connectivity index (χ4v) is 3.08. The third kappa shape index (κ3) is 3.29. The van der Waals surface area contributed by atoms with Gasteiger partial charge < -0.3 is 18.9 Å². The van der Waals surface area contributed by atoms with Gasteiger partial charge >= 0.3 is 5.97 Å². The first-order valence-electron chi connectivity index (χ1n) is 8.28. The van der Waals surface area contributed by atoms with Crippen molar-refractivity contribution in [1.29, 1.82) is 5.26 Å². The van der Waals surface area contributed by atoms with Gasteiger partial charge in [-0.15, -0.1) is 0 Å². The van der Waals surface area contributed by atoms with Crippen LogP contribution in [0.5, 0.6) is 17.2 Å². The molecule has 0 saturated heterocycles. The Morgan fingerprint density at radius 2 is 2.00 bits per heavy atom. The van der Waals surface area contributed by atoms with Crippen molar-refractivity contribution in [1.82, 2.24) is 0 Å². The number of carbonyl (C=O) groups is 1. The topological polar surface area (TPSA) is 77.8 Å². The van der Waals surface area contributed by atoms with Crippen molar-refractivity contribution in [2.45, 2.75) is 12.8 Å². The van der Waals surface area contributed by atoms with Crippen LogP contribution in [0.3, 0.4) is 0 Å². The van der Waals surface area contributed by atoms with Crippen molar-refractivity contribution in [3.05, 3.63) is 53.6 Å². The van der Waals surface area contributed by atoms with Crippen molar-refractivity contribution >= 4 is 5.97 Å². The minimum absolute atomic E-state index is 0.150. The number of rotatable bonds is 6. The fraction of sp³-hybridized carbons (Fsp3) is 0.300. The molecule has 6 heteroatoms. The lowest BCUT2D eigenvalue weighted by Gasteiger charge is -2.23. The maximum absolute atomic E-state index is 12.5. The maximum Gasteiger partial charge on any atom is 0.324 e. The summed E-state index contributed by atoms with van der Waals surface area (Å²) < 4.78 is 21.4. The van der Waals surface area contributed by atoms with Crippen LogP contribution in [0.4, 0.5) is 0 Å². The molecule has 0 N–H and O–H groups in total. The standard InChI is InChI=1S/C20H19NO5/c1-3-24-20(22)15(11-21)19(14-6-4-5-7-16(14)23-2)13-8-9-17-18(10-13)26-12-25-17/h4-10,15,19H,3,12H2,1-2H3/t15-,19-/m1/s1. The van der Waals surface area contributed by atoms with Crippen LogP contribution in [0.2, 0.25) is 0 Å². The quantitative estimate of drug-likeness (QED) is 0.742. The number of hydrogen-bond acceptors (Lipinski definition) is 6. The number of nitriles is 1. The van der Waals surface area contributed by atoms with Gasteiger partial charge in [0, 0.05) is 11.5 Å². The van der Waals surface area contributed by atoms with Crippen molar-refractivity contribution in [3.63, 3.8) is 0 Å². The van der Waals surface area contributed by atoms with E-state index in [1.54, 1.807) is 32.2 Å². The highest BCUT2D eigenvalue weighted by molar-refractivity contribution is 5.78. The van der Waals surface area contributed by atoms with Crippen molar-refractivity contribution in [2.75, 3.05) is 20.5 Å². The van der Waals surface area contributed by atoms with Crippen LogP contribution >= 0.6 is 0 Å². The van der Waals surface area contributed by atoms with Crippen molar-refractivity contribution in [3.8, 4) is 23.3 Å². The normalized spacial score (nSPS) is 14.2. The molecule has 0 spiro atoms. The van der Waals surface area contributed by atoms with Gasteiger partial charge in [0.05, 0.1) is 19.8 Å². The van der Waals surface area contributed by atoms with E-state index in [1.807, 2.05) is 24.3 Å². The second-order valence-electron chi connectivity index (χ2n) is 5.69. The lowest BCUT2D eigenvalue weighted by molar-refractivity contribution is -0.146. The second-order valence-corrected chi connectivity index (χ2v) is 5.69. The molecule has 1 aliphatic heterocycles. The molecular weight excluding hydrogens is 334 g/mol. The van der Waals surface area contributed by atoms with Crippen LogP contribution in [0.15, 0.2) is 42.5 Å². The van der Waals surface area contributed by atoms with Crippen molar-refractivity contribution < 1.29 is 23.7 Å². The van der Waals surface area contributed by atoms with E-state index in [0.29, 0.717) is 17.2 Å². The third-order valence-corrected chi connectivity index (χ3v) is 4.24. The van der Waals surface area contributed by atoms with Crippen LogP contribution in [-0.2, 0) is 9.53 Å². The lowest BCUT2D eigenvalue weighted by atomic mass is 9.80. The van der Waals surface area contributed by atoms with Crippen LogP contribution in [0.1, 0.15) is 24.0 Å². The molecule has 0 amide bonds. The minimum atomic E-state index is -1.02. The highest BCUT2D eigenvalue weighted by atomic mass is 16.7. The number of methoxy groups -OCH3 is 1. The molecule has 1 aliphatic rings. The van der Waals surface area contributed by atoms with E-state index in [9.17, 15) is 10.1 Å². The van der Waals surface area contributed by atoms with Gasteiger partial charge in [0.1, 0.15) is 5.75 Å². The summed E-state index contributed by atoms with van der Waals surface area (Å²) in [6.07, 6.45) is 0. The summed E-state index contributed by atoms with van der Waals surface area (Å²) in [6, 6.07) is 14.8. The van der Waals surface area contributed by atoms with Gasteiger partial charge in [-0.05, 0) is 30.7 Å². The van der Waals surface area contributed by atoms with E-state index in [1.165, 1.54) is 0 Å². The first-order chi connectivity index (χ1) is 12.7. The predicted molar refractivity (Wildman–Crippen MR) is 93.1 cm³/mol. The molecule has 0 saturated carbocycles. The molecule has 0 aromatic heterocycles. The molecule has 2 aromatic rings. The Labute approximate surface area is 151 Å². The Bertz CT molecular complexity index is 842. The summed E-state index contributed by atoms with van der Waals surface area (Å²) in [7, 11) is 1.56. The lowest BCUT2D eigenvalue weighted by Crippen LogP contribution is -2.24. The fourth-order valence-electron chi connectivity index (χ4n) is 3.08. The number of esters is 1. The maximum atomic E-state index is 12.5. The third-order valence-electron chi connectivity index (χ3n) is 4.24. The summed E-state index contributed by atoms with van der Waals surface area (Å²) in [5.41, 5.74) is 1.48. The number of nitrogens with zero attached hydrogens (tertiary/aromatic N) is 1. The molecular formula is C20H19NO5. The molecule has 0 radical (unpaired) electrons. The Morgan fingerprint density at radius 1 is 1.23 bits per heavy atom. The Hall–Kier alpha value is -3.20. The largest absolute Gasteiger partial charge is 0.496 e. The van der Waals surface area contributed by atoms with Gasteiger partial charge in [-0.3, -0.25) is 4.79 Å². The zero-order valence-electron chi connectivity index (χ0n) is 14.6. The van der Waals surface area contributed by atoms with E-state index in [4.69, 9.17) is 18.9 Å². The Morgan fingerprint density at radius 3 is 2.73 bits per heavy atom. The molecule has 1 heterocycles. The number of para-hydroxylation sites is 1. The van der Waals surface area contributed by atoms with E-state index in [0.717, 1.165) is 11.1 Å². The zero-order valence-corrected chi connectivity index (χ0v) is 14.6. The van der Waals surface area contributed by atoms with Gasteiger partial charge in [-0.1, -0.05) is 24.3 Å². The highest BCUT2D eigenvalue weighted by Gasteiger charge is 2.35. The smallest absolute Gasteiger partial charge is 0.324 e. The summed E-state index contributed by atoms with van der Waals surface area (Å²) in [5.74, 6) is -0.334. The summed E-state index contributed by atoms with van der Waals surface area (Å²) in [6.45, 7) is 2.07. The molecule has 2 atom stereocenters. The van der Waals surface area contributed by atoms with E-state index < -0.39 is 17.8 Å². The number of ether oxygens (including phenoxy) is 4. The first-order valence-corrected chi connectivity index (χ1v) is 8.28. The summed E-state index contributed by atoms with van der Waals surface area (Å²) in [4.78, 5) is 12.5. The molecule has 26 heavy (non-hydrogen) atoms. The SMILES string of the molecule is CCOC(=O)[C@H](C#N)[C@H](c1ccc2c(c1)OCO2)c1ccccc1OC. The number of carbonyl (C=O) groups excluding carboxylic acids is 1. The zero-order chi connectivity index (χ0) is 18.5. The van der Waals surface area contributed by atoms with Crippen LogP contribution in [-0.4, -0.2) is 26.5 Å². The molecule has 3 rings (SSSR count). The molecule has 0 unspecified atom stereocenters. The summed E-state index contributed by atoms with van der Waals surface area (Å²) in [5, 5.41) is 9.73. The average Bonchev–Trinajstić information content (AvgIpc) is 3.14. The van der Waals surface area contributed by atoms with Gasteiger partial charge in [-0.25, -0.2) is 0 Å². The van der Waals surface area contributed by atoms with Gasteiger partial charge in [-0.2, -0.15) is 5.26 Å². The predicted octanol–water partition coefficient (Wildman–Crippen LogP) is 3.26. The van der Waals surface area contributed by atoms with E-state index in [2.05, 4.69) is 6.07 Å². The van der Waals surface area contributed by atoms with E-state index in [-0.39, 0.29) is 13.4 Å². The van der Waals surface area contributed by atoms with Crippen LogP contribution < -0.4 is 14.2 Å². The van der Waals surface area contributed by atoms with Crippen LogP contribution in [0, 0.1) is 17.2 Å². The minimum Gasteiger partial charge on any atom is -0.496 e. The second kappa shape index (κ2) is 7.79. The van der Waals surface area contributed by atoms with Crippen molar-refractivity contribution in [2.24, 2.45) is 5.92 Å². The van der Waals surface area contributed by atoms with E-state index >= 15 is 0 Å². The highest BCUT2D eigenvalue weighted by Crippen LogP contribution is 2.42. The van der Waals surface area contributed by atoms with Crippen LogP contribution in [0.25, 0.3) is 0 Å². The monoisotopic (exact) mass is 353 g/mol. The Kier molecular flexibility index (Phi) is 5.28. The van der Waals surface area contributed by atoms with Gasteiger partial charge in [0.25, 0.3) is 0 Å². The molecule has 0 bridgehead atoms. The molecule has 2 aromatic carbocycles. The van der Waals surface area contributed by atoms with Gasteiger partial charge in [0.2, 0.25) is 6.79 Å². The molecule has 134 valence electrons. The number of hydrogen-bond donors (Lipinski definition) is 0. The molecule has 0 fully saturated rings. The molecule has 6 nitrogen and oxygen atoms in total. The average molecular weight is 353 g/mol. The first kappa shape index (κ1) is 17.6. The number of fused-ring (bicyclic) bond motifs is 1. The molecule has 0 aliphatic carbocycles. The Balaban J connectivity index is 2.12. The van der Waals surface area contributed by atoms with Gasteiger partial charge in [0.15, 0.2) is 17.4 Å². The summed E-state index contributed by atoms with van der Waals surface area (Å²) >= 11 is 0. The number of benzene rings is 2.